The van der Waals surface area contributed by atoms with E-state index in [9.17, 15) is 9.18 Å². The van der Waals surface area contributed by atoms with Crippen molar-refractivity contribution in [1.29, 1.82) is 0 Å². The summed E-state index contributed by atoms with van der Waals surface area (Å²) in [6, 6.07) is 11.7. The maximum atomic E-state index is 13.1. The van der Waals surface area contributed by atoms with Crippen molar-refractivity contribution in [1.82, 2.24) is 20.2 Å². The van der Waals surface area contributed by atoms with Gasteiger partial charge >= 0.3 is 0 Å². The average Bonchev–Trinajstić information content (AvgIpc) is 3.29. The second kappa shape index (κ2) is 7.03. The van der Waals surface area contributed by atoms with Crippen LogP contribution in [0.1, 0.15) is 29.5 Å². The van der Waals surface area contributed by atoms with Crippen LogP contribution in [-0.4, -0.2) is 26.1 Å². The van der Waals surface area contributed by atoms with Crippen molar-refractivity contribution in [3.8, 4) is 11.3 Å². The summed E-state index contributed by atoms with van der Waals surface area (Å²) in [5.41, 5.74) is 4.25. The lowest BCUT2D eigenvalue weighted by Gasteiger charge is -2.02. The lowest BCUT2D eigenvalue weighted by molar-refractivity contribution is 0.102. The summed E-state index contributed by atoms with van der Waals surface area (Å²) in [6.45, 7) is 2.07. The van der Waals surface area contributed by atoms with Crippen LogP contribution in [0.15, 0.2) is 48.7 Å². The van der Waals surface area contributed by atoms with Gasteiger partial charge in [0.05, 0.1) is 11.9 Å². The molecule has 27 heavy (non-hydrogen) atoms. The Morgan fingerprint density at radius 1 is 1.19 bits per heavy atom. The largest absolute Gasteiger partial charge is 0.339 e. The Hall–Kier alpha value is -3.48. The number of H-pyrrole nitrogens is 2. The number of carbonyl (C=O) groups is 1. The van der Waals surface area contributed by atoms with E-state index in [1.165, 1.54) is 12.1 Å². The van der Waals surface area contributed by atoms with Gasteiger partial charge in [-0.05, 0) is 54.4 Å². The highest BCUT2D eigenvalue weighted by Crippen LogP contribution is 2.25. The summed E-state index contributed by atoms with van der Waals surface area (Å²) in [5.74, 6) is -0.567. The van der Waals surface area contributed by atoms with Crippen LogP contribution in [0.3, 0.4) is 0 Å². The molecule has 4 aromatic rings. The smallest absolute Gasteiger partial charge is 0.276 e. The van der Waals surface area contributed by atoms with E-state index >= 15 is 0 Å². The molecular weight excluding hydrogens is 345 g/mol. The van der Waals surface area contributed by atoms with Crippen molar-refractivity contribution in [2.24, 2.45) is 0 Å². The number of amides is 1. The zero-order chi connectivity index (χ0) is 18.8. The van der Waals surface area contributed by atoms with Crippen LogP contribution in [0.4, 0.5) is 10.1 Å². The molecule has 0 atom stereocenters. The van der Waals surface area contributed by atoms with Crippen LogP contribution in [0.5, 0.6) is 0 Å². The number of anilines is 1. The number of aryl methyl sites for hydroxylation is 1. The first-order valence-corrected chi connectivity index (χ1v) is 8.72. The van der Waals surface area contributed by atoms with Gasteiger partial charge in [0.2, 0.25) is 0 Å². The second-order valence-electron chi connectivity index (χ2n) is 6.33. The molecule has 136 valence electrons. The molecule has 1 aromatic carbocycles. The van der Waals surface area contributed by atoms with E-state index in [2.05, 4.69) is 32.4 Å². The SMILES string of the molecule is CCCc1cc(C(=O)Nc2cnc3[nH]c(-c4ccc(F)cc4)cc3c2)n[nH]1. The second-order valence-corrected chi connectivity index (χ2v) is 6.33. The summed E-state index contributed by atoms with van der Waals surface area (Å²) in [7, 11) is 0. The molecule has 4 rings (SSSR count). The number of aromatic nitrogens is 4. The molecule has 0 aliphatic rings. The standard InChI is InChI=1S/C20H18FN5O/c1-2-3-15-10-18(26-25-15)20(27)23-16-8-13-9-17(24-19(13)22-11-16)12-4-6-14(21)7-5-12/h4-11H,2-3H2,1H3,(H,22,24)(H,23,27)(H,25,26). The first kappa shape index (κ1) is 17.0. The molecule has 6 nitrogen and oxygen atoms in total. The fourth-order valence-electron chi connectivity index (χ4n) is 2.94. The van der Waals surface area contributed by atoms with Crippen LogP contribution in [0, 0.1) is 5.82 Å². The molecule has 7 heteroatoms. The van der Waals surface area contributed by atoms with E-state index < -0.39 is 0 Å². The number of carbonyl (C=O) groups excluding carboxylic acids is 1. The van der Waals surface area contributed by atoms with E-state index in [1.54, 1.807) is 24.4 Å². The molecule has 0 radical (unpaired) electrons. The van der Waals surface area contributed by atoms with Gasteiger partial charge in [0.25, 0.3) is 5.91 Å². The molecule has 3 heterocycles. The van der Waals surface area contributed by atoms with Crippen LogP contribution < -0.4 is 5.32 Å². The third kappa shape index (κ3) is 3.57. The van der Waals surface area contributed by atoms with Crippen LogP contribution in [0.25, 0.3) is 22.3 Å². The highest BCUT2D eigenvalue weighted by atomic mass is 19.1. The monoisotopic (exact) mass is 363 g/mol. The number of aromatic amines is 2. The summed E-state index contributed by atoms with van der Waals surface area (Å²) in [5, 5.41) is 10.6. The van der Waals surface area contributed by atoms with Crippen LogP contribution in [-0.2, 0) is 6.42 Å². The molecule has 0 aliphatic carbocycles. The fourth-order valence-corrected chi connectivity index (χ4v) is 2.94. The normalized spacial score (nSPS) is 11.0. The Labute approximate surface area is 154 Å². The number of hydrogen-bond donors (Lipinski definition) is 3. The van der Waals surface area contributed by atoms with Gasteiger partial charge < -0.3 is 10.3 Å². The molecule has 0 fully saturated rings. The number of nitrogens with one attached hydrogen (secondary N) is 3. The first-order chi connectivity index (χ1) is 13.1. The fraction of sp³-hybridized carbons (Fsp3) is 0.150. The Bertz CT molecular complexity index is 1100. The van der Waals surface area contributed by atoms with Crippen LogP contribution in [0.2, 0.25) is 0 Å². The number of rotatable bonds is 5. The van der Waals surface area contributed by atoms with Gasteiger partial charge in [-0.25, -0.2) is 9.37 Å². The molecule has 0 saturated heterocycles. The summed E-state index contributed by atoms with van der Waals surface area (Å²) < 4.78 is 13.1. The maximum absolute atomic E-state index is 13.1. The lowest BCUT2D eigenvalue weighted by Crippen LogP contribution is -2.12. The minimum Gasteiger partial charge on any atom is -0.339 e. The predicted molar refractivity (Wildman–Crippen MR) is 102 cm³/mol. The Morgan fingerprint density at radius 3 is 2.78 bits per heavy atom. The van der Waals surface area contributed by atoms with Crippen molar-refractivity contribution in [2.45, 2.75) is 19.8 Å². The minimum atomic E-state index is -0.288. The molecule has 3 N–H and O–H groups in total. The third-order valence-electron chi connectivity index (χ3n) is 4.27. The zero-order valence-electron chi connectivity index (χ0n) is 14.7. The molecule has 1 amide bonds. The summed E-state index contributed by atoms with van der Waals surface area (Å²) in [4.78, 5) is 19.9. The van der Waals surface area contributed by atoms with Crippen molar-refractivity contribution < 1.29 is 9.18 Å². The average molecular weight is 363 g/mol. The molecule has 0 spiro atoms. The van der Waals surface area contributed by atoms with Gasteiger partial charge in [-0.15, -0.1) is 0 Å². The third-order valence-corrected chi connectivity index (χ3v) is 4.27. The summed E-state index contributed by atoms with van der Waals surface area (Å²) >= 11 is 0. The van der Waals surface area contributed by atoms with E-state index in [0.29, 0.717) is 17.0 Å². The molecule has 0 bridgehead atoms. The van der Waals surface area contributed by atoms with E-state index in [0.717, 1.165) is 35.2 Å². The molecule has 0 aliphatic heterocycles. The van der Waals surface area contributed by atoms with Gasteiger partial charge in [-0.1, -0.05) is 13.3 Å². The number of benzene rings is 1. The van der Waals surface area contributed by atoms with Crippen molar-refractivity contribution >= 4 is 22.6 Å². The molecule has 0 unspecified atom stereocenters. The van der Waals surface area contributed by atoms with Gasteiger partial charge in [-0.2, -0.15) is 5.10 Å². The highest BCUT2D eigenvalue weighted by molar-refractivity contribution is 6.03. The molecule has 0 saturated carbocycles. The zero-order valence-corrected chi connectivity index (χ0v) is 14.7. The Kier molecular flexibility index (Phi) is 4.42. The van der Waals surface area contributed by atoms with Crippen molar-refractivity contribution in [3.63, 3.8) is 0 Å². The van der Waals surface area contributed by atoms with E-state index in [4.69, 9.17) is 0 Å². The van der Waals surface area contributed by atoms with E-state index in [1.807, 2.05) is 12.1 Å². The number of hydrogen-bond acceptors (Lipinski definition) is 3. The van der Waals surface area contributed by atoms with Crippen LogP contribution >= 0.6 is 0 Å². The van der Waals surface area contributed by atoms with Gasteiger partial charge in [0.15, 0.2) is 5.69 Å². The Morgan fingerprint density at radius 2 is 2.00 bits per heavy atom. The van der Waals surface area contributed by atoms with Gasteiger partial charge in [0.1, 0.15) is 11.5 Å². The summed E-state index contributed by atoms with van der Waals surface area (Å²) in [6.07, 6.45) is 3.42. The number of fused-ring (bicyclic) bond motifs is 1. The molecule has 3 aromatic heterocycles. The first-order valence-electron chi connectivity index (χ1n) is 8.72. The quantitative estimate of drug-likeness (QED) is 0.494. The van der Waals surface area contributed by atoms with Crippen molar-refractivity contribution in [3.05, 3.63) is 65.9 Å². The van der Waals surface area contributed by atoms with Crippen molar-refractivity contribution in [2.75, 3.05) is 5.32 Å². The Balaban J connectivity index is 1.55. The van der Waals surface area contributed by atoms with Gasteiger partial charge in [-0.3, -0.25) is 9.89 Å². The number of pyridine rings is 1. The number of nitrogens with zero attached hydrogens (tertiary/aromatic N) is 2. The predicted octanol–water partition coefficient (Wildman–Crippen LogP) is 4.30. The highest BCUT2D eigenvalue weighted by Gasteiger charge is 2.12. The molecular formula is C20H18FN5O. The number of halogens is 1. The van der Waals surface area contributed by atoms with Gasteiger partial charge in [0, 0.05) is 16.8 Å². The topological polar surface area (TPSA) is 86.5 Å². The maximum Gasteiger partial charge on any atom is 0.276 e. The lowest BCUT2D eigenvalue weighted by atomic mass is 10.1. The minimum absolute atomic E-state index is 0.279. The van der Waals surface area contributed by atoms with E-state index in [-0.39, 0.29) is 11.7 Å².